The molecule has 8 heteroatoms. The molecule has 0 unspecified atom stereocenters. The molecule has 0 aromatic heterocycles. The Hall–Kier alpha value is -2.38. The molecular formula is C20H21ClN2O4S. The number of halogens is 1. The van der Waals surface area contributed by atoms with Crippen molar-refractivity contribution in [2.24, 2.45) is 0 Å². The number of carbonyl (C=O) groups excluding carboxylic acids is 2. The lowest BCUT2D eigenvalue weighted by atomic mass is 10.1. The van der Waals surface area contributed by atoms with Gasteiger partial charge in [-0.15, -0.1) is 11.8 Å². The molecule has 0 fully saturated rings. The van der Waals surface area contributed by atoms with Crippen LogP contribution in [0.4, 0.5) is 5.69 Å². The highest BCUT2D eigenvalue weighted by atomic mass is 35.5. The molecule has 0 spiro atoms. The van der Waals surface area contributed by atoms with E-state index in [0.29, 0.717) is 28.8 Å². The first-order valence-corrected chi connectivity index (χ1v) is 9.89. The summed E-state index contributed by atoms with van der Waals surface area (Å²) in [6, 6.07) is 10.9. The molecule has 1 aliphatic rings. The van der Waals surface area contributed by atoms with Crippen LogP contribution in [-0.2, 0) is 16.1 Å². The van der Waals surface area contributed by atoms with Crippen molar-refractivity contribution in [2.75, 3.05) is 26.6 Å². The zero-order valence-electron chi connectivity index (χ0n) is 15.8. The number of methoxy groups -OCH3 is 2. The van der Waals surface area contributed by atoms with Gasteiger partial charge < -0.3 is 19.7 Å². The van der Waals surface area contributed by atoms with Crippen molar-refractivity contribution < 1.29 is 19.1 Å². The van der Waals surface area contributed by atoms with Crippen LogP contribution in [-0.4, -0.2) is 43.2 Å². The molecule has 28 heavy (non-hydrogen) atoms. The van der Waals surface area contributed by atoms with Crippen molar-refractivity contribution in [3.8, 4) is 11.5 Å². The lowest BCUT2D eigenvalue weighted by molar-refractivity contribution is -0.131. The summed E-state index contributed by atoms with van der Waals surface area (Å²) >= 11 is 7.35. The lowest BCUT2D eigenvalue weighted by Gasteiger charge is -2.26. The van der Waals surface area contributed by atoms with Crippen molar-refractivity contribution >= 4 is 40.9 Å². The van der Waals surface area contributed by atoms with Gasteiger partial charge in [0.2, 0.25) is 11.8 Å². The molecule has 0 aliphatic carbocycles. The van der Waals surface area contributed by atoms with Crippen molar-refractivity contribution in [3.63, 3.8) is 0 Å². The fourth-order valence-corrected chi connectivity index (χ4v) is 4.25. The fourth-order valence-electron chi connectivity index (χ4n) is 2.99. The van der Waals surface area contributed by atoms with Crippen LogP contribution in [0, 0.1) is 0 Å². The van der Waals surface area contributed by atoms with Gasteiger partial charge in [0.25, 0.3) is 0 Å². The zero-order chi connectivity index (χ0) is 20.3. The highest BCUT2D eigenvalue weighted by molar-refractivity contribution is 8.01. The molecule has 2 aromatic carbocycles. The number of nitrogens with one attached hydrogen (secondary N) is 1. The van der Waals surface area contributed by atoms with Crippen molar-refractivity contribution in [1.29, 1.82) is 0 Å². The SMILES string of the molecule is COc1cccc(CN(C)C(=O)C[C@H]2Sc3ccc(Cl)cc3NC2=O)c1OC. The van der Waals surface area contributed by atoms with Crippen molar-refractivity contribution in [1.82, 2.24) is 4.90 Å². The molecule has 1 N–H and O–H groups in total. The third-order valence-corrected chi connectivity index (χ3v) is 5.95. The van der Waals surface area contributed by atoms with E-state index in [1.54, 1.807) is 44.4 Å². The molecule has 0 saturated carbocycles. The maximum absolute atomic E-state index is 12.7. The van der Waals surface area contributed by atoms with Crippen LogP contribution < -0.4 is 14.8 Å². The van der Waals surface area contributed by atoms with Gasteiger partial charge in [-0.25, -0.2) is 0 Å². The van der Waals surface area contributed by atoms with E-state index >= 15 is 0 Å². The second-order valence-corrected chi connectivity index (χ2v) is 8.02. The Bertz CT molecular complexity index is 906. The molecule has 1 aliphatic heterocycles. The van der Waals surface area contributed by atoms with E-state index in [1.165, 1.54) is 11.8 Å². The van der Waals surface area contributed by atoms with E-state index in [0.717, 1.165) is 10.5 Å². The van der Waals surface area contributed by atoms with Gasteiger partial charge >= 0.3 is 0 Å². The van der Waals surface area contributed by atoms with E-state index in [9.17, 15) is 9.59 Å². The van der Waals surface area contributed by atoms with Crippen LogP contribution in [0.25, 0.3) is 0 Å². The molecule has 1 atom stereocenters. The molecule has 6 nitrogen and oxygen atoms in total. The van der Waals surface area contributed by atoms with E-state index in [1.807, 2.05) is 18.2 Å². The number of carbonyl (C=O) groups is 2. The average Bonchev–Trinajstić information content (AvgIpc) is 2.68. The molecule has 2 amide bonds. The number of rotatable bonds is 6. The fraction of sp³-hybridized carbons (Fsp3) is 0.300. The summed E-state index contributed by atoms with van der Waals surface area (Å²) in [6.45, 7) is 0.352. The minimum atomic E-state index is -0.490. The summed E-state index contributed by atoms with van der Waals surface area (Å²) in [5.41, 5.74) is 1.51. The summed E-state index contributed by atoms with van der Waals surface area (Å²) in [5, 5.41) is 2.89. The predicted molar refractivity (Wildman–Crippen MR) is 110 cm³/mol. The Kier molecular flexibility index (Phi) is 6.36. The minimum Gasteiger partial charge on any atom is -0.493 e. The Morgan fingerprint density at radius 1 is 1.25 bits per heavy atom. The number of hydrogen-bond donors (Lipinski definition) is 1. The zero-order valence-corrected chi connectivity index (χ0v) is 17.4. The normalized spacial score (nSPS) is 15.4. The van der Waals surface area contributed by atoms with Gasteiger partial charge in [-0.3, -0.25) is 9.59 Å². The Labute approximate surface area is 173 Å². The minimum absolute atomic E-state index is 0.0986. The average molecular weight is 421 g/mol. The van der Waals surface area contributed by atoms with Crippen LogP contribution >= 0.6 is 23.4 Å². The van der Waals surface area contributed by atoms with Gasteiger partial charge in [0, 0.05) is 35.5 Å². The number of hydrogen-bond acceptors (Lipinski definition) is 5. The van der Waals surface area contributed by atoms with E-state index in [4.69, 9.17) is 21.1 Å². The first kappa shape index (κ1) is 20.4. The number of nitrogens with zero attached hydrogens (tertiary/aromatic N) is 1. The molecular weight excluding hydrogens is 400 g/mol. The molecule has 0 radical (unpaired) electrons. The Morgan fingerprint density at radius 2 is 2.04 bits per heavy atom. The van der Waals surface area contributed by atoms with Gasteiger partial charge in [-0.05, 0) is 24.3 Å². The van der Waals surface area contributed by atoms with Crippen LogP contribution in [0.15, 0.2) is 41.3 Å². The lowest BCUT2D eigenvalue weighted by Crippen LogP contribution is -2.35. The number of anilines is 1. The molecule has 1 heterocycles. The van der Waals surface area contributed by atoms with Gasteiger partial charge in [-0.2, -0.15) is 0 Å². The topological polar surface area (TPSA) is 67.9 Å². The molecule has 148 valence electrons. The number of benzene rings is 2. The number of fused-ring (bicyclic) bond motifs is 1. The van der Waals surface area contributed by atoms with Crippen molar-refractivity contribution in [3.05, 3.63) is 47.0 Å². The summed E-state index contributed by atoms with van der Waals surface area (Å²) < 4.78 is 10.7. The number of amides is 2. The summed E-state index contributed by atoms with van der Waals surface area (Å²) in [5.74, 6) is 0.883. The highest BCUT2D eigenvalue weighted by Crippen LogP contribution is 2.38. The van der Waals surface area contributed by atoms with E-state index in [-0.39, 0.29) is 18.2 Å². The summed E-state index contributed by atoms with van der Waals surface area (Å²) in [6.07, 6.45) is 0.0986. The maximum atomic E-state index is 12.7. The predicted octanol–water partition coefficient (Wildman–Crippen LogP) is 3.82. The third-order valence-electron chi connectivity index (χ3n) is 4.44. The van der Waals surface area contributed by atoms with Crippen LogP contribution in [0.5, 0.6) is 11.5 Å². The second-order valence-electron chi connectivity index (χ2n) is 6.34. The Balaban J connectivity index is 1.68. The first-order chi connectivity index (χ1) is 13.4. The van der Waals surface area contributed by atoms with Gasteiger partial charge in [0.15, 0.2) is 11.5 Å². The monoisotopic (exact) mass is 420 g/mol. The largest absolute Gasteiger partial charge is 0.493 e. The number of para-hydroxylation sites is 1. The molecule has 0 bridgehead atoms. The summed E-state index contributed by atoms with van der Waals surface area (Å²) in [4.78, 5) is 27.6. The standard InChI is InChI=1S/C20H21ClN2O4S/c1-23(11-12-5-4-6-15(26-2)19(12)27-3)18(24)10-17-20(25)22-14-9-13(21)7-8-16(14)28-17/h4-9,17H,10-11H2,1-3H3,(H,22,25)/t17-/m1/s1. The quantitative estimate of drug-likeness (QED) is 0.769. The van der Waals surface area contributed by atoms with Gasteiger partial charge in [-0.1, -0.05) is 23.7 Å². The van der Waals surface area contributed by atoms with E-state index < -0.39 is 5.25 Å². The number of thioether (sulfide) groups is 1. The second kappa shape index (κ2) is 8.75. The van der Waals surface area contributed by atoms with Crippen LogP contribution in [0.1, 0.15) is 12.0 Å². The molecule has 0 saturated heterocycles. The van der Waals surface area contributed by atoms with Crippen molar-refractivity contribution in [2.45, 2.75) is 23.1 Å². The third kappa shape index (κ3) is 4.36. The van der Waals surface area contributed by atoms with E-state index in [2.05, 4.69) is 5.32 Å². The summed E-state index contributed by atoms with van der Waals surface area (Å²) in [7, 11) is 4.84. The maximum Gasteiger partial charge on any atom is 0.238 e. The van der Waals surface area contributed by atoms with Crippen LogP contribution in [0.2, 0.25) is 5.02 Å². The first-order valence-electron chi connectivity index (χ1n) is 8.63. The molecule has 3 rings (SSSR count). The molecule has 2 aromatic rings. The van der Waals surface area contributed by atoms with Crippen LogP contribution in [0.3, 0.4) is 0 Å². The Morgan fingerprint density at radius 3 is 2.75 bits per heavy atom. The van der Waals surface area contributed by atoms with Gasteiger partial charge in [0.05, 0.1) is 25.2 Å². The number of ether oxygens (including phenoxy) is 2. The highest BCUT2D eigenvalue weighted by Gasteiger charge is 2.30. The van der Waals surface area contributed by atoms with Gasteiger partial charge in [0.1, 0.15) is 0 Å². The smallest absolute Gasteiger partial charge is 0.238 e.